The summed E-state index contributed by atoms with van der Waals surface area (Å²) >= 11 is 1.29. The maximum Gasteiger partial charge on any atom is 0.252 e. The standard InChI is InChI=1S/C14H24N2O2S2/c1-5-7-15-9-13-8-14(19-11-13)20(17,18)16(6-2)10-12(3)4/h8,11,15H,3,5-7,9-10H2,1-2,4H3. The molecule has 0 fully saturated rings. The maximum absolute atomic E-state index is 12.5. The Morgan fingerprint density at radius 3 is 2.70 bits per heavy atom. The number of rotatable bonds is 9. The molecule has 6 heteroatoms. The Hall–Kier alpha value is -0.690. The predicted molar refractivity (Wildman–Crippen MR) is 85.6 cm³/mol. The number of hydrogen-bond donors (Lipinski definition) is 1. The van der Waals surface area contributed by atoms with Crippen molar-refractivity contribution >= 4 is 21.4 Å². The molecule has 1 rings (SSSR count). The minimum absolute atomic E-state index is 0.375. The van der Waals surface area contributed by atoms with Gasteiger partial charge in [-0.2, -0.15) is 4.31 Å². The molecule has 0 aliphatic heterocycles. The smallest absolute Gasteiger partial charge is 0.252 e. The Morgan fingerprint density at radius 2 is 2.15 bits per heavy atom. The van der Waals surface area contributed by atoms with Crippen LogP contribution in [0.25, 0.3) is 0 Å². The average Bonchev–Trinajstić information content (AvgIpc) is 2.85. The molecule has 0 saturated heterocycles. The Bertz CT molecular complexity index is 535. The third-order valence-corrected chi connectivity index (χ3v) is 6.16. The molecule has 1 heterocycles. The molecule has 0 atom stereocenters. The maximum atomic E-state index is 12.5. The fourth-order valence-corrected chi connectivity index (χ4v) is 4.66. The van der Waals surface area contributed by atoms with Gasteiger partial charge in [-0.05, 0) is 36.9 Å². The number of thiophene rings is 1. The molecular weight excluding hydrogens is 292 g/mol. The van der Waals surface area contributed by atoms with Crippen LogP contribution in [0.15, 0.2) is 27.8 Å². The number of hydrogen-bond acceptors (Lipinski definition) is 4. The molecule has 0 unspecified atom stereocenters. The fraction of sp³-hybridized carbons (Fsp3) is 0.571. The molecular formula is C14H24N2O2S2. The van der Waals surface area contributed by atoms with Crippen LogP contribution in [0.3, 0.4) is 0 Å². The lowest BCUT2D eigenvalue weighted by Crippen LogP contribution is -2.31. The Balaban J connectivity index is 2.83. The molecule has 0 radical (unpaired) electrons. The van der Waals surface area contributed by atoms with Crippen LogP contribution < -0.4 is 5.32 Å². The second-order valence-electron chi connectivity index (χ2n) is 4.84. The van der Waals surface area contributed by atoms with Gasteiger partial charge < -0.3 is 5.32 Å². The number of nitrogens with one attached hydrogen (secondary N) is 1. The highest BCUT2D eigenvalue weighted by molar-refractivity contribution is 7.91. The molecule has 0 aliphatic rings. The zero-order chi connectivity index (χ0) is 15.2. The number of likely N-dealkylation sites (N-methyl/N-ethyl adjacent to an activating group) is 1. The highest BCUT2D eigenvalue weighted by Gasteiger charge is 2.24. The molecule has 20 heavy (non-hydrogen) atoms. The number of nitrogens with zero attached hydrogens (tertiary/aromatic N) is 1. The molecule has 114 valence electrons. The molecule has 0 saturated carbocycles. The quantitative estimate of drug-likeness (QED) is 0.563. The van der Waals surface area contributed by atoms with Crippen molar-refractivity contribution < 1.29 is 8.42 Å². The number of sulfonamides is 1. The highest BCUT2D eigenvalue weighted by atomic mass is 32.2. The summed E-state index contributed by atoms with van der Waals surface area (Å²) in [7, 11) is -3.39. The Kier molecular flexibility index (Phi) is 6.88. The molecule has 1 N–H and O–H groups in total. The van der Waals surface area contributed by atoms with Crippen LogP contribution in [-0.2, 0) is 16.6 Å². The van der Waals surface area contributed by atoms with Gasteiger partial charge in [-0.1, -0.05) is 26.0 Å². The van der Waals surface area contributed by atoms with Gasteiger partial charge in [-0.25, -0.2) is 8.42 Å². The summed E-state index contributed by atoms with van der Waals surface area (Å²) in [5.74, 6) is 0. The second kappa shape index (κ2) is 7.93. The predicted octanol–water partition coefficient (Wildman–Crippen LogP) is 2.83. The molecule has 0 bridgehead atoms. The van der Waals surface area contributed by atoms with Crippen LogP contribution in [0.4, 0.5) is 0 Å². The molecule has 1 aromatic rings. The SMILES string of the molecule is C=C(C)CN(CC)S(=O)(=O)c1cc(CNCCC)cs1. The zero-order valence-corrected chi connectivity index (χ0v) is 14.1. The molecule has 0 amide bonds. The lowest BCUT2D eigenvalue weighted by Gasteiger charge is -2.19. The van der Waals surface area contributed by atoms with E-state index in [4.69, 9.17) is 0 Å². The van der Waals surface area contributed by atoms with Gasteiger partial charge in [0.25, 0.3) is 10.0 Å². The first-order chi connectivity index (χ1) is 9.41. The van der Waals surface area contributed by atoms with Gasteiger partial charge in [0.15, 0.2) is 0 Å². The summed E-state index contributed by atoms with van der Waals surface area (Å²) in [6, 6.07) is 1.77. The van der Waals surface area contributed by atoms with Gasteiger partial charge in [0.1, 0.15) is 4.21 Å². The third-order valence-electron chi connectivity index (χ3n) is 2.78. The van der Waals surface area contributed by atoms with Crippen molar-refractivity contribution in [1.82, 2.24) is 9.62 Å². The Morgan fingerprint density at radius 1 is 1.45 bits per heavy atom. The molecule has 1 aromatic heterocycles. The molecule has 0 aliphatic carbocycles. The topological polar surface area (TPSA) is 49.4 Å². The van der Waals surface area contributed by atoms with E-state index in [1.807, 2.05) is 19.2 Å². The molecule has 4 nitrogen and oxygen atoms in total. The van der Waals surface area contributed by atoms with Crippen molar-refractivity contribution in [3.05, 3.63) is 29.2 Å². The van der Waals surface area contributed by atoms with Crippen LogP contribution in [0, 0.1) is 0 Å². The summed E-state index contributed by atoms with van der Waals surface area (Å²) in [4.78, 5) is 0. The van der Waals surface area contributed by atoms with E-state index >= 15 is 0 Å². The minimum Gasteiger partial charge on any atom is -0.313 e. The van der Waals surface area contributed by atoms with Gasteiger partial charge in [0.05, 0.1) is 0 Å². The highest BCUT2D eigenvalue weighted by Crippen LogP contribution is 2.24. The summed E-state index contributed by atoms with van der Waals surface area (Å²) in [5, 5.41) is 5.18. The van der Waals surface area contributed by atoms with Crippen LogP contribution in [0.5, 0.6) is 0 Å². The minimum atomic E-state index is -3.39. The van der Waals surface area contributed by atoms with E-state index in [1.165, 1.54) is 15.6 Å². The van der Waals surface area contributed by atoms with Crippen molar-refractivity contribution in [1.29, 1.82) is 0 Å². The van der Waals surface area contributed by atoms with Crippen LogP contribution >= 0.6 is 11.3 Å². The van der Waals surface area contributed by atoms with Crippen LogP contribution in [-0.4, -0.2) is 32.4 Å². The van der Waals surface area contributed by atoms with Crippen molar-refractivity contribution in [2.24, 2.45) is 0 Å². The first kappa shape index (κ1) is 17.4. The van der Waals surface area contributed by atoms with Crippen LogP contribution in [0.2, 0.25) is 0 Å². The second-order valence-corrected chi connectivity index (χ2v) is 7.92. The molecule has 0 spiro atoms. The monoisotopic (exact) mass is 316 g/mol. The van der Waals surface area contributed by atoms with Crippen molar-refractivity contribution in [2.45, 2.75) is 37.9 Å². The summed E-state index contributed by atoms with van der Waals surface area (Å²) in [6.07, 6.45) is 1.07. The first-order valence-electron chi connectivity index (χ1n) is 6.84. The van der Waals surface area contributed by atoms with E-state index in [0.717, 1.165) is 24.1 Å². The van der Waals surface area contributed by atoms with Gasteiger partial charge in [-0.15, -0.1) is 11.3 Å². The largest absolute Gasteiger partial charge is 0.313 e. The van der Waals surface area contributed by atoms with Crippen molar-refractivity contribution in [3.63, 3.8) is 0 Å². The van der Waals surface area contributed by atoms with E-state index in [2.05, 4.69) is 18.8 Å². The molecule has 0 aromatic carbocycles. The summed E-state index contributed by atoms with van der Waals surface area (Å²) in [5.41, 5.74) is 1.87. The summed E-state index contributed by atoms with van der Waals surface area (Å²) in [6.45, 7) is 12.1. The first-order valence-corrected chi connectivity index (χ1v) is 9.16. The fourth-order valence-electron chi connectivity index (χ4n) is 1.79. The lowest BCUT2D eigenvalue weighted by atomic mass is 10.3. The van der Waals surface area contributed by atoms with E-state index in [9.17, 15) is 8.42 Å². The van der Waals surface area contributed by atoms with E-state index in [0.29, 0.717) is 23.8 Å². The lowest BCUT2D eigenvalue weighted by molar-refractivity contribution is 0.454. The Labute approximate surface area is 126 Å². The third kappa shape index (κ3) is 4.70. The van der Waals surface area contributed by atoms with E-state index < -0.39 is 10.0 Å². The van der Waals surface area contributed by atoms with Gasteiger partial charge in [0, 0.05) is 19.6 Å². The van der Waals surface area contributed by atoms with E-state index in [1.54, 1.807) is 6.07 Å². The average molecular weight is 316 g/mol. The van der Waals surface area contributed by atoms with Crippen molar-refractivity contribution in [3.8, 4) is 0 Å². The van der Waals surface area contributed by atoms with E-state index in [-0.39, 0.29) is 0 Å². The normalized spacial score (nSPS) is 12.0. The van der Waals surface area contributed by atoms with Crippen molar-refractivity contribution in [2.75, 3.05) is 19.6 Å². The van der Waals surface area contributed by atoms with Crippen LogP contribution in [0.1, 0.15) is 32.8 Å². The van der Waals surface area contributed by atoms with Gasteiger partial charge in [-0.3, -0.25) is 0 Å². The zero-order valence-electron chi connectivity index (χ0n) is 12.5. The van der Waals surface area contributed by atoms with Gasteiger partial charge >= 0.3 is 0 Å². The van der Waals surface area contributed by atoms with Gasteiger partial charge in [0.2, 0.25) is 0 Å². The summed E-state index contributed by atoms with van der Waals surface area (Å²) < 4.78 is 26.9.